The lowest BCUT2D eigenvalue weighted by Gasteiger charge is -2.17. The number of aliphatic hydroxyl groups is 2. The zero-order valence-electron chi connectivity index (χ0n) is 17.5. The number of fused-ring (bicyclic) bond motifs is 3. The minimum absolute atomic E-state index is 0.0699. The first-order valence-corrected chi connectivity index (χ1v) is 13.4. The van der Waals surface area contributed by atoms with Crippen molar-refractivity contribution < 1.29 is 10.2 Å². The van der Waals surface area contributed by atoms with Gasteiger partial charge in [-0.3, -0.25) is 8.37 Å². The van der Waals surface area contributed by atoms with Crippen LogP contribution in [0.1, 0.15) is 25.0 Å². The number of benzene rings is 2. The third-order valence-corrected chi connectivity index (χ3v) is 7.35. The van der Waals surface area contributed by atoms with Gasteiger partial charge in [0.25, 0.3) is 0 Å². The molecule has 0 aliphatic rings. The molecule has 5 rings (SSSR count). The normalized spacial score (nSPS) is 12.2. The summed E-state index contributed by atoms with van der Waals surface area (Å²) in [7, 11) is 1.56. The van der Waals surface area contributed by atoms with E-state index in [1.807, 2.05) is 71.0 Å². The highest BCUT2D eigenvalue weighted by atomic mass is 127. The highest BCUT2D eigenvalue weighted by Gasteiger charge is 2.21. The van der Waals surface area contributed by atoms with Crippen LogP contribution in [-0.4, -0.2) is 28.6 Å². The van der Waals surface area contributed by atoms with E-state index in [4.69, 9.17) is 9.97 Å². The first kappa shape index (κ1) is 21.4. The van der Waals surface area contributed by atoms with Gasteiger partial charge in [0, 0.05) is 47.6 Å². The molecule has 0 bridgehead atoms. The number of halogens is 1. The molecule has 0 radical (unpaired) electrons. The summed E-state index contributed by atoms with van der Waals surface area (Å²) in [5.74, 6) is 0.759. The fourth-order valence-electron chi connectivity index (χ4n) is 3.97. The zero-order valence-corrected chi connectivity index (χ0v) is 20.5. The lowest BCUT2D eigenvalue weighted by Crippen LogP contribution is -2.14. The number of nitrogens with zero attached hydrogens (tertiary/aromatic N) is 4. The fraction of sp³-hybridized carbons (Fsp3) is 0.167. The lowest BCUT2D eigenvalue weighted by molar-refractivity contribution is 0.0786. The smallest absolute Gasteiger partial charge is 0.167 e. The molecule has 0 spiro atoms. The van der Waals surface area contributed by atoms with Gasteiger partial charge < -0.3 is 10.2 Å². The van der Waals surface area contributed by atoms with E-state index >= 15 is 0 Å². The van der Waals surface area contributed by atoms with Gasteiger partial charge in [0.05, 0.1) is 35.1 Å². The maximum atomic E-state index is 10.3. The second kappa shape index (κ2) is 8.18. The summed E-state index contributed by atoms with van der Waals surface area (Å²) in [6.07, 6.45) is 3.84. The third-order valence-electron chi connectivity index (χ3n) is 5.64. The van der Waals surface area contributed by atoms with Crippen molar-refractivity contribution in [3.05, 3.63) is 78.1 Å². The van der Waals surface area contributed by atoms with Gasteiger partial charge in [0.1, 0.15) is 5.82 Å². The summed E-state index contributed by atoms with van der Waals surface area (Å²) in [6.45, 7) is 3.47. The van der Waals surface area contributed by atoms with E-state index in [9.17, 15) is 10.2 Å². The van der Waals surface area contributed by atoms with E-state index in [2.05, 4.69) is 25.6 Å². The number of hydrogen-bond acceptors (Lipinski definition) is 5. The minimum atomic E-state index is -0.909. The second-order valence-corrected chi connectivity index (χ2v) is 9.85. The Morgan fingerprint density at radius 2 is 1.78 bits per heavy atom. The zero-order chi connectivity index (χ0) is 22.5. The largest absolute Gasteiger partial charge is 0.392 e. The molecule has 32 heavy (non-hydrogen) atoms. The Morgan fingerprint density at radius 1 is 1.03 bits per heavy atom. The number of imidazole rings is 1. The van der Waals surface area contributed by atoms with Crippen molar-refractivity contribution >= 4 is 47.0 Å². The molecule has 6 nitrogen and oxygen atoms in total. The third kappa shape index (κ3) is 3.51. The first-order valence-electron chi connectivity index (χ1n) is 10.1. The molecule has 0 aliphatic heterocycles. The van der Waals surface area contributed by atoms with Gasteiger partial charge in [0.15, 0.2) is 5.65 Å². The van der Waals surface area contributed by atoms with Crippen LogP contribution in [0.5, 0.6) is 0 Å². The van der Waals surface area contributed by atoms with Gasteiger partial charge in [0.2, 0.25) is 0 Å². The lowest BCUT2D eigenvalue weighted by atomic mass is 9.97. The van der Waals surface area contributed by atoms with E-state index < -0.39 is 5.60 Å². The summed E-state index contributed by atoms with van der Waals surface area (Å²) in [5.41, 5.74) is 6.05. The van der Waals surface area contributed by atoms with Crippen molar-refractivity contribution in [3.63, 3.8) is 0 Å². The molecular weight excluding hydrogens is 535 g/mol. The predicted molar refractivity (Wildman–Crippen MR) is 138 cm³/mol. The first-order chi connectivity index (χ1) is 15.4. The molecule has 8 heteroatoms. The van der Waals surface area contributed by atoms with Crippen LogP contribution >= 0.6 is 30.3 Å². The van der Waals surface area contributed by atoms with E-state index in [1.54, 1.807) is 23.0 Å². The Hall–Kier alpha value is -2.40. The molecule has 0 atom stereocenters. The average molecular weight is 556 g/mol. The van der Waals surface area contributed by atoms with Crippen LogP contribution in [0.25, 0.3) is 39.3 Å². The summed E-state index contributed by atoms with van der Waals surface area (Å²) in [4.78, 5) is 9.77. The van der Waals surface area contributed by atoms with Crippen molar-refractivity contribution in [2.75, 3.05) is 0 Å². The molecule has 5 aromatic rings. The monoisotopic (exact) mass is 556 g/mol. The standard InChI is InChI=1S/C24H21IN4O2S/c1-24(2,31)17-9-7-15(8-10-17)21-20-13-26-23-19(11-12-28(23)32-25)29(20)22(27-21)18-6-4-3-5-16(18)14-30/h3-13,30-31H,14H2,1-2H3. The Morgan fingerprint density at radius 3 is 2.47 bits per heavy atom. The van der Waals surface area contributed by atoms with E-state index in [1.165, 1.54) is 0 Å². The van der Waals surface area contributed by atoms with E-state index in [0.29, 0.717) is 0 Å². The Balaban J connectivity index is 1.82. The van der Waals surface area contributed by atoms with Crippen LogP contribution in [0, 0.1) is 0 Å². The quantitative estimate of drug-likeness (QED) is 0.277. The molecular formula is C24H21IN4O2S. The number of rotatable bonds is 5. The summed E-state index contributed by atoms with van der Waals surface area (Å²) in [5, 5.41) is 20.3. The molecule has 2 aromatic carbocycles. The van der Waals surface area contributed by atoms with Crippen LogP contribution in [0.2, 0.25) is 0 Å². The molecule has 0 unspecified atom stereocenters. The molecule has 0 saturated heterocycles. The van der Waals surface area contributed by atoms with Gasteiger partial charge in [-0.05, 0) is 31.0 Å². The van der Waals surface area contributed by atoms with Crippen LogP contribution in [0.15, 0.2) is 67.0 Å². The minimum Gasteiger partial charge on any atom is -0.392 e. The molecule has 0 aliphatic carbocycles. The molecule has 3 heterocycles. The van der Waals surface area contributed by atoms with Crippen molar-refractivity contribution in [1.82, 2.24) is 18.3 Å². The molecule has 0 saturated carbocycles. The van der Waals surface area contributed by atoms with Crippen LogP contribution in [-0.2, 0) is 12.2 Å². The van der Waals surface area contributed by atoms with Crippen molar-refractivity contribution in [3.8, 4) is 22.6 Å². The predicted octanol–water partition coefficient (Wildman–Crippen LogP) is 5.58. The Labute approximate surface area is 201 Å². The van der Waals surface area contributed by atoms with Gasteiger partial charge in [-0.1, -0.05) is 48.5 Å². The molecule has 3 aromatic heterocycles. The number of hydrogen-bond donors (Lipinski definition) is 2. The second-order valence-electron chi connectivity index (χ2n) is 8.13. The van der Waals surface area contributed by atoms with Gasteiger partial charge in [-0.15, -0.1) is 0 Å². The van der Waals surface area contributed by atoms with Crippen molar-refractivity contribution in [2.24, 2.45) is 0 Å². The average Bonchev–Trinajstić information content (AvgIpc) is 3.39. The summed E-state index contributed by atoms with van der Waals surface area (Å²) in [6, 6.07) is 17.6. The van der Waals surface area contributed by atoms with Crippen LogP contribution in [0.3, 0.4) is 0 Å². The van der Waals surface area contributed by atoms with Crippen LogP contribution in [0.4, 0.5) is 0 Å². The number of aliphatic hydroxyl groups excluding tert-OH is 1. The molecule has 0 amide bonds. The molecule has 162 valence electrons. The SMILES string of the molecule is CC(C)(O)c1ccc(-c2nc(-c3ccccc3CO)n3c2cnc2c3ccn2SI)cc1. The highest BCUT2D eigenvalue weighted by Crippen LogP contribution is 2.35. The maximum absolute atomic E-state index is 10.3. The topological polar surface area (TPSA) is 75.6 Å². The maximum Gasteiger partial charge on any atom is 0.167 e. The van der Waals surface area contributed by atoms with Crippen molar-refractivity contribution in [2.45, 2.75) is 26.1 Å². The van der Waals surface area contributed by atoms with E-state index in [0.717, 1.165) is 50.5 Å². The Bertz CT molecular complexity index is 1430. The Kier molecular flexibility index (Phi) is 5.48. The van der Waals surface area contributed by atoms with Gasteiger partial charge in [-0.2, -0.15) is 0 Å². The summed E-state index contributed by atoms with van der Waals surface area (Å²) < 4.78 is 4.12. The van der Waals surface area contributed by atoms with Gasteiger partial charge in [-0.25, -0.2) is 9.97 Å². The highest BCUT2D eigenvalue weighted by molar-refractivity contribution is 14.2. The van der Waals surface area contributed by atoms with E-state index in [-0.39, 0.29) is 6.61 Å². The molecule has 0 fully saturated rings. The molecule has 2 N–H and O–H groups in total. The van der Waals surface area contributed by atoms with Crippen molar-refractivity contribution in [1.29, 1.82) is 0 Å². The summed E-state index contributed by atoms with van der Waals surface area (Å²) >= 11 is 2.24. The number of aromatic nitrogens is 4. The fourth-order valence-corrected chi connectivity index (χ4v) is 5.24. The van der Waals surface area contributed by atoms with Gasteiger partial charge >= 0.3 is 0 Å². The van der Waals surface area contributed by atoms with Crippen LogP contribution < -0.4 is 0 Å².